The van der Waals surface area contributed by atoms with E-state index in [2.05, 4.69) is 21.3 Å². The van der Waals surface area contributed by atoms with Crippen LogP contribution in [0, 0.1) is 11.7 Å². The summed E-state index contributed by atoms with van der Waals surface area (Å²) in [6.45, 7) is 1.95. The normalized spacial score (nSPS) is 25.2. The molecule has 25 heavy (non-hydrogen) atoms. The molecule has 2 heterocycles. The van der Waals surface area contributed by atoms with Crippen LogP contribution in [0.15, 0.2) is 48.8 Å². The van der Waals surface area contributed by atoms with Crippen LogP contribution in [0.1, 0.15) is 24.0 Å². The molecule has 1 amide bonds. The Bertz CT molecular complexity index is 752. The van der Waals surface area contributed by atoms with Gasteiger partial charge in [0.2, 0.25) is 5.91 Å². The van der Waals surface area contributed by atoms with Gasteiger partial charge in [0, 0.05) is 37.6 Å². The molecule has 1 saturated heterocycles. The van der Waals surface area contributed by atoms with E-state index in [1.54, 1.807) is 18.3 Å². The molecule has 2 aromatic rings. The largest absolute Gasteiger partial charge is 0.353 e. The van der Waals surface area contributed by atoms with E-state index >= 15 is 0 Å². The highest BCUT2D eigenvalue weighted by atomic mass is 19.1. The quantitative estimate of drug-likeness (QED) is 0.910. The van der Waals surface area contributed by atoms with Gasteiger partial charge in [-0.3, -0.25) is 14.7 Å². The molecule has 2 aliphatic rings. The zero-order valence-corrected chi connectivity index (χ0v) is 14.1. The van der Waals surface area contributed by atoms with E-state index in [4.69, 9.17) is 0 Å². The van der Waals surface area contributed by atoms with Gasteiger partial charge in [-0.2, -0.15) is 0 Å². The van der Waals surface area contributed by atoms with Crippen molar-refractivity contribution in [2.45, 2.75) is 37.9 Å². The van der Waals surface area contributed by atoms with E-state index in [-0.39, 0.29) is 24.2 Å². The number of nitrogens with one attached hydrogen (secondary N) is 1. The van der Waals surface area contributed by atoms with Gasteiger partial charge in [-0.25, -0.2) is 4.39 Å². The Morgan fingerprint density at radius 1 is 1.24 bits per heavy atom. The van der Waals surface area contributed by atoms with E-state index in [0.29, 0.717) is 12.0 Å². The van der Waals surface area contributed by atoms with Gasteiger partial charge in [0.25, 0.3) is 0 Å². The Hall–Kier alpha value is -2.27. The van der Waals surface area contributed by atoms with Crippen molar-refractivity contribution in [2.75, 3.05) is 6.54 Å². The van der Waals surface area contributed by atoms with Crippen LogP contribution in [0.4, 0.5) is 4.39 Å². The van der Waals surface area contributed by atoms with Crippen molar-refractivity contribution in [2.24, 2.45) is 5.92 Å². The molecule has 0 unspecified atom stereocenters. The highest BCUT2D eigenvalue weighted by Gasteiger charge is 2.44. The first-order chi connectivity index (χ1) is 12.2. The van der Waals surface area contributed by atoms with Crippen LogP contribution in [0.2, 0.25) is 0 Å². The maximum Gasteiger partial charge on any atom is 0.224 e. The number of pyridine rings is 1. The van der Waals surface area contributed by atoms with E-state index in [1.165, 1.54) is 17.7 Å². The second-order valence-electron chi connectivity index (χ2n) is 7.16. The smallest absolute Gasteiger partial charge is 0.224 e. The number of hydrogen-bond acceptors (Lipinski definition) is 3. The number of amides is 1. The Balaban J connectivity index is 1.30. The van der Waals surface area contributed by atoms with Gasteiger partial charge in [0.05, 0.1) is 6.42 Å². The molecule has 1 aromatic carbocycles. The van der Waals surface area contributed by atoms with Crippen molar-refractivity contribution in [3.8, 4) is 0 Å². The number of halogens is 1. The van der Waals surface area contributed by atoms with Crippen LogP contribution in [-0.4, -0.2) is 34.4 Å². The zero-order valence-electron chi connectivity index (χ0n) is 14.1. The lowest BCUT2D eigenvalue weighted by Gasteiger charge is -2.32. The van der Waals surface area contributed by atoms with E-state index in [0.717, 1.165) is 31.5 Å². The van der Waals surface area contributed by atoms with Crippen LogP contribution in [-0.2, 0) is 17.8 Å². The van der Waals surface area contributed by atoms with Crippen molar-refractivity contribution in [1.29, 1.82) is 0 Å². The summed E-state index contributed by atoms with van der Waals surface area (Å²) in [6.07, 6.45) is 6.10. The summed E-state index contributed by atoms with van der Waals surface area (Å²) in [4.78, 5) is 18.9. The lowest BCUT2D eigenvalue weighted by Crippen LogP contribution is -2.46. The molecule has 1 saturated carbocycles. The minimum atomic E-state index is -0.295. The van der Waals surface area contributed by atoms with Crippen molar-refractivity contribution in [3.63, 3.8) is 0 Å². The highest BCUT2D eigenvalue weighted by Crippen LogP contribution is 2.38. The molecule has 4 rings (SSSR count). The molecule has 130 valence electrons. The average Bonchev–Trinajstić information content (AvgIpc) is 3.15. The molecular weight excluding hydrogens is 317 g/mol. The molecule has 1 N–H and O–H groups in total. The molecule has 2 fully saturated rings. The summed E-state index contributed by atoms with van der Waals surface area (Å²) >= 11 is 0. The maximum atomic E-state index is 13.2. The van der Waals surface area contributed by atoms with E-state index < -0.39 is 0 Å². The molecule has 1 aromatic heterocycles. The number of piperidine rings is 1. The van der Waals surface area contributed by atoms with E-state index in [9.17, 15) is 9.18 Å². The number of aromatic nitrogens is 1. The Labute approximate surface area is 147 Å². The second kappa shape index (κ2) is 6.92. The average molecular weight is 339 g/mol. The molecule has 2 bridgehead atoms. The molecule has 1 aliphatic heterocycles. The van der Waals surface area contributed by atoms with Gasteiger partial charge in [-0.05, 0) is 48.1 Å². The summed E-state index contributed by atoms with van der Waals surface area (Å²) < 4.78 is 13.2. The first kappa shape index (κ1) is 16.2. The standard InChI is InChI=1S/C20H22FN3O/c21-17-5-1-3-14(7-17)8-20(25)23-19-10-18-9-16(19)13-24(18)12-15-4-2-6-22-11-15/h1-7,11,16,18-19H,8-10,12-13H2,(H,23,25)/t16-,18+,19+/m0/s1. The topological polar surface area (TPSA) is 45.2 Å². The summed E-state index contributed by atoms with van der Waals surface area (Å²) in [5.41, 5.74) is 1.96. The van der Waals surface area contributed by atoms with Gasteiger partial charge in [-0.15, -0.1) is 0 Å². The van der Waals surface area contributed by atoms with Gasteiger partial charge in [-0.1, -0.05) is 18.2 Å². The fraction of sp³-hybridized carbons (Fsp3) is 0.400. The molecule has 0 spiro atoms. The van der Waals surface area contributed by atoms with Crippen LogP contribution in [0.3, 0.4) is 0 Å². The number of benzene rings is 1. The SMILES string of the molecule is O=C(Cc1cccc(F)c1)N[C@@H]1C[C@H]2C[C@H]1CN2Cc1cccnc1. The summed E-state index contributed by atoms with van der Waals surface area (Å²) in [7, 11) is 0. The van der Waals surface area contributed by atoms with E-state index in [1.807, 2.05) is 12.3 Å². The van der Waals surface area contributed by atoms with Gasteiger partial charge in [0.1, 0.15) is 5.82 Å². The van der Waals surface area contributed by atoms with Gasteiger partial charge < -0.3 is 5.32 Å². The molecular formula is C20H22FN3O. The third-order valence-corrected chi connectivity index (χ3v) is 5.36. The minimum Gasteiger partial charge on any atom is -0.353 e. The third kappa shape index (κ3) is 3.71. The Kier molecular flexibility index (Phi) is 4.49. The van der Waals surface area contributed by atoms with Gasteiger partial charge >= 0.3 is 0 Å². The minimum absolute atomic E-state index is 0.0121. The predicted octanol–water partition coefficient (Wildman–Crippen LogP) is 2.54. The van der Waals surface area contributed by atoms with Crippen molar-refractivity contribution >= 4 is 5.91 Å². The highest BCUT2D eigenvalue weighted by molar-refractivity contribution is 5.79. The third-order valence-electron chi connectivity index (χ3n) is 5.36. The molecule has 3 atom stereocenters. The number of hydrogen-bond donors (Lipinski definition) is 1. The summed E-state index contributed by atoms with van der Waals surface area (Å²) in [6, 6.07) is 11.1. The molecule has 5 heteroatoms. The number of carbonyl (C=O) groups is 1. The number of likely N-dealkylation sites (tertiary alicyclic amines) is 1. The van der Waals surface area contributed by atoms with Crippen molar-refractivity contribution in [3.05, 3.63) is 65.7 Å². The number of rotatable bonds is 5. The summed E-state index contributed by atoms with van der Waals surface area (Å²) in [5, 5.41) is 3.16. The number of fused-ring (bicyclic) bond motifs is 2. The van der Waals surface area contributed by atoms with Crippen LogP contribution < -0.4 is 5.32 Å². The number of carbonyl (C=O) groups excluding carboxylic acids is 1. The monoisotopic (exact) mass is 339 g/mol. The maximum absolute atomic E-state index is 13.2. The van der Waals surface area contributed by atoms with Crippen LogP contribution in [0.5, 0.6) is 0 Å². The lowest BCUT2D eigenvalue weighted by molar-refractivity contribution is -0.121. The van der Waals surface area contributed by atoms with Crippen molar-refractivity contribution in [1.82, 2.24) is 15.2 Å². The second-order valence-corrected chi connectivity index (χ2v) is 7.16. The number of nitrogens with zero attached hydrogens (tertiary/aromatic N) is 2. The van der Waals surface area contributed by atoms with Gasteiger partial charge in [0.15, 0.2) is 0 Å². The van der Waals surface area contributed by atoms with Crippen LogP contribution >= 0.6 is 0 Å². The Morgan fingerprint density at radius 3 is 2.84 bits per heavy atom. The Morgan fingerprint density at radius 2 is 2.12 bits per heavy atom. The molecule has 0 radical (unpaired) electrons. The zero-order chi connectivity index (χ0) is 17.2. The van der Waals surface area contributed by atoms with Crippen LogP contribution in [0.25, 0.3) is 0 Å². The fourth-order valence-electron chi connectivity index (χ4n) is 4.23. The summed E-state index contributed by atoms with van der Waals surface area (Å²) in [5.74, 6) is 0.205. The predicted molar refractivity (Wildman–Crippen MR) is 93.2 cm³/mol. The lowest BCUT2D eigenvalue weighted by atomic mass is 10.0. The fourth-order valence-corrected chi connectivity index (χ4v) is 4.23. The molecule has 4 nitrogen and oxygen atoms in total. The van der Waals surface area contributed by atoms with Crippen molar-refractivity contribution < 1.29 is 9.18 Å². The molecule has 1 aliphatic carbocycles. The first-order valence-electron chi connectivity index (χ1n) is 8.84. The first-order valence-corrected chi connectivity index (χ1v) is 8.84.